The number of carbonyl (C=O) groups is 1. The van der Waals surface area contributed by atoms with E-state index in [1.54, 1.807) is 0 Å². The molecule has 0 saturated carbocycles. The predicted molar refractivity (Wildman–Crippen MR) is 259 cm³/mol. The molecule has 0 heterocycles. The van der Waals surface area contributed by atoms with Crippen molar-refractivity contribution in [2.24, 2.45) is 11.8 Å². The summed E-state index contributed by atoms with van der Waals surface area (Å²) in [6.45, 7) is 2.24. The molecule has 0 aliphatic heterocycles. The van der Waals surface area contributed by atoms with Crippen molar-refractivity contribution < 1.29 is 4.79 Å². The first-order valence-corrected chi connectivity index (χ1v) is 23.3. The van der Waals surface area contributed by atoms with Gasteiger partial charge in [-0.15, -0.1) is 0 Å². The zero-order chi connectivity index (χ0) is 40.4. The van der Waals surface area contributed by atoms with Crippen LogP contribution in [0.25, 0.3) is 32.7 Å². The maximum absolute atomic E-state index is 15.6. The second kappa shape index (κ2) is 16.7. The first kappa shape index (κ1) is 37.8. The molecule has 1 N–H and O–H groups in total. The van der Waals surface area contributed by atoms with Crippen molar-refractivity contribution in [1.82, 2.24) is 0 Å². The molecule has 0 spiro atoms. The summed E-state index contributed by atoms with van der Waals surface area (Å²) in [5.41, 5.74) is 4.97. The standard InChI is InChI=1S/C56H43NOP2/c1-39-38-50(55(49-33-19-18-30-46(39)49)60(44-26-10-4-11-27-44)45-28-12-5-13-29-45)56(58)57-51-36-34-40-20-14-16-31-47(40)53(51)54-48-32-17-15-21-41(48)35-37-52(54)59(42-22-6-2-7-23-42)43-24-8-3-9-25-43/h2-39,46H,1H3,(H,57,58). The van der Waals surface area contributed by atoms with E-state index in [9.17, 15) is 0 Å². The molecule has 2 aliphatic rings. The van der Waals surface area contributed by atoms with Gasteiger partial charge < -0.3 is 5.32 Å². The Balaban J connectivity index is 1.19. The molecule has 8 aromatic rings. The average molecular weight is 808 g/mol. The Labute approximate surface area is 354 Å². The highest BCUT2D eigenvalue weighted by atomic mass is 31.1. The molecule has 0 bridgehead atoms. The largest absolute Gasteiger partial charge is 0.321 e. The number of anilines is 1. The molecule has 4 heteroatoms. The summed E-state index contributed by atoms with van der Waals surface area (Å²) in [5.74, 6) is 0.232. The molecular weight excluding hydrogens is 765 g/mol. The monoisotopic (exact) mass is 807 g/mol. The van der Waals surface area contributed by atoms with Gasteiger partial charge in [0.2, 0.25) is 0 Å². The number of rotatable bonds is 9. The van der Waals surface area contributed by atoms with E-state index in [2.05, 4.69) is 237 Å². The van der Waals surface area contributed by atoms with E-state index < -0.39 is 15.8 Å². The van der Waals surface area contributed by atoms with Crippen LogP contribution in [0, 0.1) is 11.8 Å². The lowest BCUT2D eigenvalue weighted by molar-refractivity contribution is -0.112. The molecule has 2 aliphatic carbocycles. The first-order valence-electron chi connectivity index (χ1n) is 20.6. The van der Waals surface area contributed by atoms with Gasteiger partial charge in [-0.1, -0.05) is 225 Å². The number of benzene rings is 8. The summed E-state index contributed by atoms with van der Waals surface area (Å²) in [7, 11) is -2.07. The molecule has 2 nitrogen and oxygen atoms in total. The molecule has 0 aromatic heterocycles. The topological polar surface area (TPSA) is 29.1 Å². The predicted octanol–water partition coefficient (Wildman–Crippen LogP) is 12.1. The van der Waals surface area contributed by atoms with Crippen molar-refractivity contribution in [3.05, 3.63) is 241 Å². The minimum Gasteiger partial charge on any atom is -0.321 e. The van der Waals surface area contributed by atoms with Crippen molar-refractivity contribution in [3.8, 4) is 11.1 Å². The maximum Gasteiger partial charge on any atom is 0.256 e. The van der Waals surface area contributed by atoms with Gasteiger partial charge in [0.05, 0.1) is 0 Å². The van der Waals surface area contributed by atoms with E-state index in [-0.39, 0.29) is 17.7 Å². The van der Waals surface area contributed by atoms with Gasteiger partial charge in [0.15, 0.2) is 0 Å². The second-order valence-corrected chi connectivity index (χ2v) is 19.7. The van der Waals surface area contributed by atoms with Gasteiger partial charge in [0.25, 0.3) is 5.91 Å². The fourth-order valence-corrected chi connectivity index (χ4v) is 14.1. The van der Waals surface area contributed by atoms with Crippen LogP contribution in [0.5, 0.6) is 0 Å². The van der Waals surface area contributed by atoms with Crippen LogP contribution in [0.2, 0.25) is 0 Å². The summed E-state index contributed by atoms with van der Waals surface area (Å²) in [6.07, 6.45) is 11.1. The van der Waals surface area contributed by atoms with Gasteiger partial charge in [-0.25, -0.2) is 0 Å². The molecule has 60 heavy (non-hydrogen) atoms. The lowest BCUT2D eigenvalue weighted by atomic mass is 9.78. The minimum absolute atomic E-state index is 0.0863. The molecule has 1 amide bonds. The summed E-state index contributed by atoms with van der Waals surface area (Å²) in [4.78, 5) is 15.6. The normalized spacial score (nSPS) is 16.0. The average Bonchev–Trinajstić information content (AvgIpc) is 3.31. The number of fused-ring (bicyclic) bond motifs is 3. The van der Waals surface area contributed by atoms with Crippen molar-refractivity contribution in [2.75, 3.05) is 5.32 Å². The van der Waals surface area contributed by atoms with E-state index in [0.29, 0.717) is 0 Å². The summed E-state index contributed by atoms with van der Waals surface area (Å²) in [6, 6.07) is 69.4. The third kappa shape index (κ3) is 7.07. The molecule has 0 saturated heterocycles. The Morgan fingerprint density at radius 2 is 0.983 bits per heavy atom. The molecule has 288 valence electrons. The van der Waals surface area contributed by atoms with Crippen molar-refractivity contribution in [2.45, 2.75) is 6.92 Å². The lowest BCUT2D eigenvalue weighted by Gasteiger charge is -2.35. The van der Waals surface area contributed by atoms with E-state index in [1.807, 2.05) is 0 Å². The van der Waals surface area contributed by atoms with Crippen LogP contribution >= 0.6 is 15.8 Å². The van der Waals surface area contributed by atoms with Gasteiger partial charge in [-0.2, -0.15) is 0 Å². The summed E-state index contributed by atoms with van der Waals surface area (Å²) >= 11 is 0. The number of amides is 1. The number of hydrogen-bond acceptors (Lipinski definition) is 1. The first-order chi connectivity index (χ1) is 29.6. The fourth-order valence-electron chi connectivity index (χ4n) is 8.97. The zero-order valence-corrected chi connectivity index (χ0v) is 35.1. The van der Waals surface area contributed by atoms with Crippen LogP contribution in [0.3, 0.4) is 0 Å². The van der Waals surface area contributed by atoms with Gasteiger partial charge in [-0.05, 0) is 81.5 Å². The SMILES string of the molecule is CC1C=C(C(=O)Nc2ccc3ccccc3c2-c2c(P(c3ccccc3)c3ccccc3)ccc3ccccc23)C(P(c2ccccc2)c2ccccc2)=C2C=CC=CC21. The molecule has 0 fully saturated rings. The molecule has 10 rings (SSSR count). The highest BCUT2D eigenvalue weighted by Crippen LogP contribution is 2.54. The van der Waals surface area contributed by atoms with Crippen LogP contribution < -0.4 is 31.8 Å². The number of carbonyl (C=O) groups excluding carboxylic acids is 1. The van der Waals surface area contributed by atoms with Crippen LogP contribution in [-0.4, -0.2) is 5.91 Å². The molecular formula is C56H43NOP2. The third-order valence-corrected chi connectivity index (χ3v) is 16.7. The minimum atomic E-state index is -1.08. The maximum atomic E-state index is 15.6. The Hall–Kier alpha value is -6.43. The Bertz CT molecular complexity index is 2910. The van der Waals surface area contributed by atoms with Gasteiger partial charge in [0.1, 0.15) is 0 Å². The van der Waals surface area contributed by atoms with Crippen molar-refractivity contribution in [3.63, 3.8) is 0 Å². The number of nitrogens with one attached hydrogen (secondary N) is 1. The number of hydrogen-bond donors (Lipinski definition) is 1. The summed E-state index contributed by atoms with van der Waals surface area (Å²) < 4.78 is 0. The quantitative estimate of drug-likeness (QED) is 0.145. The summed E-state index contributed by atoms with van der Waals surface area (Å²) in [5, 5.41) is 15.5. The van der Waals surface area contributed by atoms with Crippen molar-refractivity contribution >= 4 is 75.5 Å². The van der Waals surface area contributed by atoms with Crippen LogP contribution in [0.15, 0.2) is 241 Å². The van der Waals surface area contributed by atoms with E-state index in [4.69, 9.17) is 0 Å². The van der Waals surface area contributed by atoms with E-state index in [0.717, 1.165) is 49.2 Å². The Morgan fingerprint density at radius 1 is 0.500 bits per heavy atom. The van der Waals surface area contributed by atoms with Crippen LogP contribution in [-0.2, 0) is 4.79 Å². The smallest absolute Gasteiger partial charge is 0.256 e. The molecule has 0 radical (unpaired) electrons. The van der Waals surface area contributed by atoms with Crippen molar-refractivity contribution in [1.29, 1.82) is 0 Å². The van der Waals surface area contributed by atoms with Gasteiger partial charge >= 0.3 is 0 Å². The third-order valence-electron chi connectivity index (χ3n) is 11.7. The Morgan fingerprint density at radius 3 is 1.55 bits per heavy atom. The fraction of sp³-hybridized carbons (Fsp3) is 0.0536. The van der Waals surface area contributed by atoms with Gasteiger partial charge in [0, 0.05) is 33.6 Å². The van der Waals surface area contributed by atoms with Gasteiger partial charge in [-0.3, -0.25) is 4.79 Å². The Kier molecular flexibility index (Phi) is 10.5. The second-order valence-electron chi connectivity index (χ2n) is 15.4. The zero-order valence-electron chi connectivity index (χ0n) is 33.3. The highest BCUT2D eigenvalue weighted by molar-refractivity contribution is 7.80. The molecule has 2 unspecified atom stereocenters. The van der Waals surface area contributed by atoms with E-state index >= 15 is 4.79 Å². The number of allylic oxidation sites excluding steroid dienone is 6. The lowest BCUT2D eigenvalue weighted by Crippen LogP contribution is -2.28. The molecule has 8 aromatic carbocycles. The molecule has 2 atom stereocenters. The highest BCUT2D eigenvalue weighted by Gasteiger charge is 2.36. The van der Waals surface area contributed by atoms with Crippen LogP contribution in [0.1, 0.15) is 6.92 Å². The van der Waals surface area contributed by atoms with Crippen LogP contribution in [0.4, 0.5) is 5.69 Å². The van der Waals surface area contributed by atoms with E-state index in [1.165, 1.54) is 32.1 Å².